The van der Waals surface area contributed by atoms with Crippen LogP contribution >= 0.6 is 12.4 Å². The van der Waals surface area contributed by atoms with E-state index in [9.17, 15) is 33.4 Å². The molecule has 0 amide bonds. The summed E-state index contributed by atoms with van der Waals surface area (Å²) < 4.78 is 40.8. The van der Waals surface area contributed by atoms with Gasteiger partial charge in [-0.05, 0) is 37.1 Å². The molecule has 0 saturated carbocycles. The number of alkyl halides is 3. The molecule has 0 saturated heterocycles. The van der Waals surface area contributed by atoms with Crippen LogP contribution in [0.25, 0.3) is 11.1 Å². The van der Waals surface area contributed by atoms with E-state index in [4.69, 9.17) is 0 Å². The molecular weight excluding hydrogens is 439 g/mol. The van der Waals surface area contributed by atoms with Gasteiger partial charge in [-0.2, -0.15) is 13.2 Å². The fraction of sp³-hybridized carbons (Fsp3) is 0.400. The lowest BCUT2D eigenvalue weighted by Crippen LogP contribution is -2.24. The molecule has 7 nitrogen and oxygen atoms in total. The number of rotatable bonds is 9. The Labute approximate surface area is 183 Å². The quantitative estimate of drug-likeness (QED) is 0.326. The molecule has 0 bridgehead atoms. The molecule has 0 radical (unpaired) electrons. The van der Waals surface area contributed by atoms with Gasteiger partial charge in [0.15, 0.2) is 0 Å². The molecule has 0 heterocycles. The Morgan fingerprint density at radius 3 is 1.90 bits per heavy atom. The summed E-state index contributed by atoms with van der Waals surface area (Å²) in [6, 6.07) is 6.91. The fourth-order valence-electron chi connectivity index (χ4n) is 3.33. The summed E-state index contributed by atoms with van der Waals surface area (Å²) >= 11 is 0. The Balaban J connectivity index is 0.00000480. The van der Waals surface area contributed by atoms with Crippen molar-refractivity contribution >= 4 is 23.8 Å². The van der Waals surface area contributed by atoms with Crippen molar-refractivity contribution < 1.29 is 23.0 Å². The van der Waals surface area contributed by atoms with Gasteiger partial charge < -0.3 is 0 Å². The molecule has 11 heteroatoms. The smallest absolute Gasteiger partial charge is 0.299 e. The van der Waals surface area contributed by atoms with Gasteiger partial charge in [-0.15, -0.1) is 12.4 Å². The number of non-ortho nitro benzene ring substituents is 1. The van der Waals surface area contributed by atoms with Gasteiger partial charge in [-0.1, -0.05) is 38.1 Å². The number of nitrogens with zero attached hydrogens (tertiary/aromatic N) is 3. The maximum absolute atomic E-state index is 13.6. The van der Waals surface area contributed by atoms with Crippen LogP contribution in [0.1, 0.15) is 37.8 Å². The molecule has 170 valence electrons. The Kier molecular flexibility index (Phi) is 9.39. The van der Waals surface area contributed by atoms with Crippen LogP contribution in [0, 0.1) is 20.2 Å². The molecule has 31 heavy (non-hydrogen) atoms. The van der Waals surface area contributed by atoms with E-state index >= 15 is 0 Å². The molecule has 0 N–H and O–H groups in total. The predicted octanol–water partition coefficient (Wildman–Crippen LogP) is 6.23. The first-order valence-corrected chi connectivity index (χ1v) is 9.44. The monoisotopic (exact) mass is 461 g/mol. The number of benzene rings is 2. The Morgan fingerprint density at radius 2 is 1.48 bits per heavy atom. The lowest BCUT2D eigenvalue weighted by Gasteiger charge is -2.21. The third-order valence-corrected chi connectivity index (χ3v) is 4.54. The van der Waals surface area contributed by atoms with Gasteiger partial charge in [0.2, 0.25) is 0 Å². The predicted molar refractivity (Wildman–Crippen MR) is 113 cm³/mol. The van der Waals surface area contributed by atoms with Crippen molar-refractivity contribution in [2.45, 2.75) is 39.4 Å². The molecular formula is C20H23ClF3N3O4. The van der Waals surface area contributed by atoms with Crippen molar-refractivity contribution in [2.75, 3.05) is 13.1 Å². The zero-order chi connectivity index (χ0) is 22.5. The molecule has 2 aromatic rings. The van der Waals surface area contributed by atoms with Crippen LogP contribution in [-0.2, 0) is 12.7 Å². The summed E-state index contributed by atoms with van der Waals surface area (Å²) in [4.78, 5) is 22.5. The Bertz CT molecular complexity index is 915. The van der Waals surface area contributed by atoms with E-state index in [1.807, 2.05) is 0 Å². The van der Waals surface area contributed by atoms with Crippen molar-refractivity contribution in [3.05, 3.63) is 67.8 Å². The second-order valence-electron chi connectivity index (χ2n) is 6.87. The largest absolute Gasteiger partial charge is 0.417 e. The van der Waals surface area contributed by atoms with Crippen LogP contribution in [0.15, 0.2) is 36.4 Å². The van der Waals surface area contributed by atoms with E-state index in [1.54, 1.807) is 12.1 Å². The van der Waals surface area contributed by atoms with E-state index in [0.29, 0.717) is 18.7 Å². The van der Waals surface area contributed by atoms with Gasteiger partial charge in [-0.3, -0.25) is 25.1 Å². The second-order valence-corrected chi connectivity index (χ2v) is 6.87. The number of halogens is 4. The Hall–Kier alpha value is -2.72. The number of nitro groups is 2. The second kappa shape index (κ2) is 11.1. The molecule has 2 rings (SSSR count). The van der Waals surface area contributed by atoms with Crippen LogP contribution in [-0.4, -0.2) is 27.8 Å². The summed E-state index contributed by atoms with van der Waals surface area (Å²) in [5.74, 6) is 0. The molecule has 0 atom stereocenters. The lowest BCUT2D eigenvalue weighted by atomic mass is 9.95. The van der Waals surface area contributed by atoms with E-state index in [0.717, 1.165) is 31.5 Å². The van der Waals surface area contributed by atoms with Gasteiger partial charge in [-0.25, -0.2) is 0 Å². The maximum atomic E-state index is 13.6. The number of hydrogen-bond donors (Lipinski definition) is 0. The number of nitro benzene ring substituents is 2. The molecule has 0 aliphatic carbocycles. The van der Waals surface area contributed by atoms with Crippen LogP contribution in [0.2, 0.25) is 0 Å². The summed E-state index contributed by atoms with van der Waals surface area (Å²) in [6.45, 7) is 6.47. The lowest BCUT2D eigenvalue weighted by molar-refractivity contribution is -0.394. The zero-order valence-corrected chi connectivity index (χ0v) is 17.8. The standard InChI is InChI=1S/C20H22F3N3O4.ClH/c1-3-9-24(10-4-2)13-14-5-7-15(8-6-14)19-17(20(21,22)23)11-16(25(27)28)12-18(19)26(29)30;/h5-8,11-12H,3-4,9-10,13H2,1-2H3;1H. The summed E-state index contributed by atoms with van der Waals surface area (Å²) in [5, 5.41) is 22.4. The van der Waals surface area contributed by atoms with Crippen molar-refractivity contribution in [1.29, 1.82) is 0 Å². The van der Waals surface area contributed by atoms with Crippen molar-refractivity contribution in [2.24, 2.45) is 0 Å². The first-order chi connectivity index (χ1) is 14.1. The minimum Gasteiger partial charge on any atom is -0.299 e. The molecule has 0 spiro atoms. The van der Waals surface area contributed by atoms with E-state index < -0.39 is 38.5 Å². The first kappa shape index (κ1) is 26.3. The molecule has 0 aliphatic rings. The summed E-state index contributed by atoms with van der Waals surface area (Å²) in [5.41, 5.74) is -3.19. The third-order valence-electron chi connectivity index (χ3n) is 4.54. The van der Waals surface area contributed by atoms with Gasteiger partial charge in [0.1, 0.15) is 0 Å². The molecule has 2 aromatic carbocycles. The van der Waals surface area contributed by atoms with Crippen LogP contribution in [0.5, 0.6) is 0 Å². The molecule has 0 aliphatic heterocycles. The third kappa shape index (κ3) is 6.63. The molecule has 0 unspecified atom stereocenters. The summed E-state index contributed by atoms with van der Waals surface area (Å²) in [6.07, 6.45) is -3.08. The minimum absolute atomic E-state index is 0. The maximum Gasteiger partial charge on any atom is 0.417 e. The van der Waals surface area contributed by atoms with Crippen molar-refractivity contribution in [3.8, 4) is 11.1 Å². The Morgan fingerprint density at radius 1 is 0.935 bits per heavy atom. The zero-order valence-electron chi connectivity index (χ0n) is 17.0. The van der Waals surface area contributed by atoms with Crippen molar-refractivity contribution in [1.82, 2.24) is 4.90 Å². The average Bonchev–Trinajstić information content (AvgIpc) is 2.67. The van der Waals surface area contributed by atoms with E-state index in [2.05, 4.69) is 18.7 Å². The van der Waals surface area contributed by atoms with Gasteiger partial charge in [0.25, 0.3) is 11.4 Å². The van der Waals surface area contributed by atoms with Crippen LogP contribution in [0.4, 0.5) is 24.5 Å². The van der Waals surface area contributed by atoms with Gasteiger partial charge >= 0.3 is 6.18 Å². The number of hydrogen-bond acceptors (Lipinski definition) is 5. The minimum atomic E-state index is -5.00. The van der Waals surface area contributed by atoms with Gasteiger partial charge in [0.05, 0.1) is 27.0 Å². The average molecular weight is 462 g/mol. The van der Waals surface area contributed by atoms with E-state index in [1.165, 1.54) is 12.1 Å². The highest BCUT2D eigenvalue weighted by Gasteiger charge is 2.39. The highest BCUT2D eigenvalue weighted by Crippen LogP contribution is 2.44. The van der Waals surface area contributed by atoms with Gasteiger partial charge in [0, 0.05) is 12.6 Å². The summed E-state index contributed by atoms with van der Waals surface area (Å²) in [7, 11) is 0. The van der Waals surface area contributed by atoms with Crippen molar-refractivity contribution in [3.63, 3.8) is 0 Å². The first-order valence-electron chi connectivity index (χ1n) is 9.44. The molecule has 0 fully saturated rings. The fourth-order valence-corrected chi connectivity index (χ4v) is 3.33. The highest BCUT2D eigenvalue weighted by atomic mass is 35.5. The normalized spacial score (nSPS) is 11.3. The SMILES string of the molecule is CCCN(CCC)Cc1ccc(-c2c([N+](=O)[O-])cc([N+](=O)[O-])cc2C(F)(F)F)cc1.Cl. The topological polar surface area (TPSA) is 89.5 Å². The highest BCUT2D eigenvalue weighted by molar-refractivity contribution is 5.85. The van der Waals surface area contributed by atoms with E-state index in [-0.39, 0.29) is 18.0 Å². The van der Waals surface area contributed by atoms with Crippen LogP contribution < -0.4 is 0 Å². The molecule has 0 aromatic heterocycles. The van der Waals surface area contributed by atoms with Crippen LogP contribution in [0.3, 0.4) is 0 Å².